The number of piperidine rings is 1. The van der Waals surface area contributed by atoms with Gasteiger partial charge in [-0.15, -0.1) is 0 Å². The van der Waals surface area contributed by atoms with Gasteiger partial charge in [-0.25, -0.2) is 8.78 Å². The molecule has 4 aromatic carbocycles. The first-order valence-corrected chi connectivity index (χ1v) is 18.3. The van der Waals surface area contributed by atoms with Crippen molar-refractivity contribution in [1.29, 1.82) is 0 Å². The van der Waals surface area contributed by atoms with Crippen molar-refractivity contribution in [3.63, 3.8) is 0 Å². The van der Waals surface area contributed by atoms with Crippen LogP contribution in [0.2, 0.25) is 5.02 Å². The average Bonchev–Trinajstić information content (AvgIpc) is 3.72. The third kappa shape index (κ3) is 6.68. The van der Waals surface area contributed by atoms with E-state index in [1.807, 2.05) is 42.5 Å². The molecule has 0 saturated carbocycles. The Morgan fingerprint density at radius 1 is 1.04 bits per heavy atom. The van der Waals surface area contributed by atoms with Gasteiger partial charge in [-0.2, -0.15) is 0 Å². The molecule has 3 aliphatic rings. The Kier molecular flexibility index (Phi) is 10.4. The van der Waals surface area contributed by atoms with E-state index < -0.39 is 35.1 Å². The summed E-state index contributed by atoms with van der Waals surface area (Å²) in [5.41, 5.74) is 8.59. The molecule has 7 rings (SSSR count). The lowest BCUT2D eigenvalue weighted by atomic mass is 9.85. The van der Waals surface area contributed by atoms with E-state index in [2.05, 4.69) is 10.6 Å². The molecule has 3 heterocycles. The largest absolute Gasteiger partial charge is 0.494 e. The van der Waals surface area contributed by atoms with E-state index in [1.165, 1.54) is 24.1 Å². The molecular formula is C41H39ClF2N4O6. The Hall–Kier alpha value is -5.33. The first-order chi connectivity index (χ1) is 26.1. The van der Waals surface area contributed by atoms with Crippen LogP contribution in [0.15, 0.2) is 66.7 Å². The molecule has 4 N–H and O–H groups in total. The quantitative estimate of drug-likeness (QED) is 0.119. The van der Waals surface area contributed by atoms with Crippen LogP contribution in [-0.4, -0.2) is 54.8 Å². The number of aryl methyl sites for hydroxylation is 1. The van der Waals surface area contributed by atoms with Gasteiger partial charge < -0.3 is 25.4 Å². The Bertz CT molecular complexity index is 2170. The number of benzene rings is 4. The zero-order chi connectivity index (χ0) is 38.1. The zero-order valence-corrected chi connectivity index (χ0v) is 30.4. The van der Waals surface area contributed by atoms with Crippen LogP contribution >= 0.6 is 11.6 Å². The number of rotatable bonds is 12. The van der Waals surface area contributed by atoms with Crippen LogP contribution in [0, 0.1) is 11.6 Å². The number of hydrogen-bond donors (Lipinski definition) is 3. The molecule has 2 atom stereocenters. The van der Waals surface area contributed by atoms with Crippen LogP contribution in [-0.2, 0) is 34.6 Å². The molecular weight excluding hydrogens is 718 g/mol. The van der Waals surface area contributed by atoms with Crippen molar-refractivity contribution in [2.24, 2.45) is 5.73 Å². The number of carbonyl (C=O) groups is 4. The molecule has 1 unspecified atom stereocenters. The lowest BCUT2D eigenvalue weighted by Gasteiger charge is -2.29. The number of nitrogens with zero attached hydrogens (tertiary/aromatic N) is 1. The highest BCUT2D eigenvalue weighted by Gasteiger charge is 2.44. The molecule has 0 aromatic heterocycles. The zero-order valence-electron chi connectivity index (χ0n) is 29.6. The van der Waals surface area contributed by atoms with Crippen LogP contribution in [0.3, 0.4) is 0 Å². The maximum atomic E-state index is 16.3. The topological polar surface area (TPSA) is 140 Å². The summed E-state index contributed by atoms with van der Waals surface area (Å²) in [7, 11) is 1.30. The smallest absolute Gasteiger partial charge is 0.255 e. The molecule has 10 nitrogen and oxygen atoms in total. The van der Waals surface area contributed by atoms with Crippen molar-refractivity contribution in [2.75, 3.05) is 20.2 Å². The molecule has 54 heavy (non-hydrogen) atoms. The number of nitrogens with two attached hydrogens (primary N) is 1. The highest BCUT2D eigenvalue weighted by Crippen LogP contribution is 2.50. The number of imide groups is 1. The summed E-state index contributed by atoms with van der Waals surface area (Å²) in [5, 5.41) is 4.85. The molecule has 13 heteroatoms. The molecule has 0 bridgehead atoms. The fraction of sp³-hybridized carbons (Fsp3) is 0.317. The molecule has 4 amide bonds. The van der Waals surface area contributed by atoms with E-state index in [0.717, 1.165) is 35.6 Å². The number of nitrogens with one attached hydrogen (secondary N) is 2. The Labute approximate surface area is 315 Å². The third-order valence-electron chi connectivity index (χ3n) is 10.6. The number of amides is 4. The number of methoxy groups -OCH3 is 1. The second kappa shape index (κ2) is 15.2. The Morgan fingerprint density at radius 2 is 1.83 bits per heavy atom. The standard InChI is InChI=1S/C41H39ClF2N4O6/c1-53-31-16-14-26(35(37(31)44)34-27-20-41(22-45,24-11-5-2-6-12-24)54-32(27)19-29(43)36(34)42)38(50)46-18-7-3-4-9-23-10-8-13-25-28(23)21-48(40(25)52)30-15-17-33(49)47-39(30)51/h2,5-6,8,10-14,16,19,30H,3-4,7,9,15,17-18,20-22,45H2,1H3,(H,46,50)(H,47,49,51)/t30?,41-/m1/s1. The molecule has 3 aliphatic heterocycles. The highest BCUT2D eigenvalue weighted by molar-refractivity contribution is 6.34. The van der Waals surface area contributed by atoms with Crippen molar-refractivity contribution in [1.82, 2.24) is 15.5 Å². The Morgan fingerprint density at radius 3 is 2.57 bits per heavy atom. The van der Waals surface area contributed by atoms with Crippen molar-refractivity contribution in [3.8, 4) is 22.6 Å². The molecule has 4 aromatic rings. The number of halogens is 3. The molecule has 1 saturated heterocycles. The lowest BCUT2D eigenvalue weighted by Crippen LogP contribution is -2.52. The van der Waals surface area contributed by atoms with Crippen molar-refractivity contribution in [3.05, 3.63) is 117 Å². The lowest BCUT2D eigenvalue weighted by molar-refractivity contribution is -0.136. The number of ether oxygens (including phenoxy) is 2. The van der Waals surface area contributed by atoms with Crippen molar-refractivity contribution in [2.45, 2.75) is 63.1 Å². The van der Waals surface area contributed by atoms with Gasteiger partial charge in [-0.05, 0) is 60.6 Å². The first-order valence-electron chi connectivity index (χ1n) is 17.9. The predicted molar refractivity (Wildman–Crippen MR) is 197 cm³/mol. The van der Waals surface area contributed by atoms with E-state index in [1.54, 1.807) is 6.07 Å². The summed E-state index contributed by atoms with van der Waals surface area (Å²) in [6, 6.07) is 18.1. The van der Waals surface area contributed by atoms with Gasteiger partial charge in [0, 0.05) is 60.8 Å². The average molecular weight is 757 g/mol. The van der Waals surface area contributed by atoms with E-state index in [4.69, 9.17) is 26.8 Å². The van der Waals surface area contributed by atoms with E-state index >= 15 is 8.78 Å². The van der Waals surface area contributed by atoms with Gasteiger partial charge in [0.2, 0.25) is 11.8 Å². The van der Waals surface area contributed by atoms with Gasteiger partial charge in [-0.3, -0.25) is 24.5 Å². The maximum Gasteiger partial charge on any atom is 0.255 e. The normalized spacial score (nSPS) is 18.9. The summed E-state index contributed by atoms with van der Waals surface area (Å²) >= 11 is 6.60. The van der Waals surface area contributed by atoms with Crippen LogP contribution in [0.5, 0.6) is 11.5 Å². The molecule has 280 valence electrons. The first kappa shape index (κ1) is 37.0. The SMILES string of the molecule is COc1ccc(C(=O)NCCCCCc2cccc3c2CN(C2CCC(=O)NC2=O)C3=O)c(-c2c(Cl)c(F)cc3c2C[C@@](CN)(c2ccccc2)O3)c1F. The van der Waals surface area contributed by atoms with E-state index in [-0.39, 0.29) is 71.0 Å². The predicted octanol–water partition coefficient (Wildman–Crippen LogP) is 5.99. The monoisotopic (exact) mass is 756 g/mol. The second-order valence-electron chi connectivity index (χ2n) is 13.8. The summed E-state index contributed by atoms with van der Waals surface area (Å²) in [5.74, 6) is -3.25. The summed E-state index contributed by atoms with van der Waals surface area (Å²) in [6.45, 7) is 0.629. The third-order valence-corrected chi connectivity index (χ3v) is 11.0. The summed E-state index contributed by atoms with van der Waals surface area (Å²) in [4.78, 5) is 52.5. The fourth-order valence-electron chi connectivity index (χ4n) is 7.78. The summed E-state index contributed by atoms with van der Waals surface area (Å²) in [6.07, 6.45) is 3.43. The minimum atomic E-state index is -1.06. The Balaban J connectivity index is 1.04. The molecule has 1 fully saturated rings. The second-order valence-corrected chi connectivity index (χ2v) is 14.2. The van der Waals surface area contributed by atoms with Gasteiger partial charge in [-0.1, -0.05) is 60.5 Å². The van der Waals surface area contributed by atoms with Gasteiger partial charge >= 0.3 is 0 Å². The molecule has 0 aliphatic carbocycles. The number of hydrogen-bond acceptors (Lipinski definition) is 7. The molecule has 0 radical (unpaired) electrons. The number of fused-ring (bicyclic) bond motifs is 2. The van der Waals surface area contributed by atoms with Gasteiger partial charge in [0.25, 0.3) is 11.8 Å². The summed E-state index contributed by atoms with van der Waals surface area (Å²) < 4.78 is 43.3. The van der Waals surface area contributed by atoms with Gasteiger partial charge in [0.05, 0.1) is 17.7 Å². The van der Waals surface area contributed by atoms with Crippen LogP contribution in [0.25, 0.3) is 11.1 Å². The fourth-order valence-corrected chi connectivity index (χ4v) is 8.04. The molecule has 0 spiro atoms. The van der Waals surface area contributed by atoms with Crippen molar-refractivity contribution < 1.29 is 37.4 Å². The van der Waals surface area contributed by atoms with Crippen LogP contribution in [0.1, 0.15) is 75.1 Å². The minimum Gasteiger partial charge on any atom is -0.494 e. The van der Waals surface area contributed by atoms with Crippen LogP contribution in [0.4, 0.5) is 8.78 Å². The van der Waals surface area contributed by atoms with Gasteiger partial charge in [0.15, 0.2) is 17.2 Å². The van der Waals surface area contributed by atoms with E-state index in [9.17, 15) is 19.2 Å². The number of unbranched alkanes of at least 4 members (excludes halogenated alkanes) is 2. The van der Waals surface area contributed by atoms with Crippen molar-refractivity contribution >= 4 is 35.2 Å². The van der Waals surface area contributed by atoms with Gasteiger partial charge in [0.1, 0.15) is 17.6 Å². The minimum absolute atomic E-state index is 0.00418. The maximum absolute atomic E-state index is 16.3. The number of carbonyl (C=O) groups excluding carboxylic acids is 4. The van der Waals surface area contributed by atoms with Crippen LogP contribution < -0.4 is 25.8 Å². The van der Waals surface area contributed by atoms with E-state index in [0.29, 0.717) is 36.9 Å². The highest BCUT2D eigenvalue weighted by atomic mass is 35.5.